The Morgan fingerprint density at radius 2 is 1.76 bits per heavy atom. The Bertz CT molecular complexity index is 1320. The second kappa shape index (κ2) is 11.1. The fourth-order valence-electron chi connectivity index (χ4n) is 4.37. The molecular formula is C31H31N3O3. The van der Waals surface area contributed by atoms with Crippen molar-refractivity contribution >= 4 is 23.2 Å². The monoisotopic (exact) mass is 493 g/mol. The predicted molar refractivity (Wildman–Crippen MR) is 148 cm³/mol. The van der Waals surface area contributed by atoms with E-state index >= 15 is 0 Å². The largest absolute Gasteiger partial charge is 0.492 e. The summed E-state index contributed by atoms with van der Waals surface area (Å²) in [6.45, 7) is 13.9. The number of benzene rings is 2. The maximum Gasteiger partial charge on any atom is 0.259 e. The van der Waals surface area contributed by atoms with Gasteiger partial charge >= 0.3 is 0 Å². The van der Waals surface area contributed by atoms with Crippen molar-refractivity contribution in [3.8, 4) is 5.75 Å². The van der Waals surface area contributed by atoms with Gasteiger partial charge in [0.25, 0.3) is 5.91 Å². The van der Waals surface area contributed by atoms with Crippen molar-refractivity contribution in [2.24, 2.45) is 0 Å². The molecule has 1 aromatic heterocycles. The Hall–Kier alpha value is -4.45. The summed E-state index contributed by atoms with van der Waals surface area (Å²) < 4.78 is 5.98. The number of pyridine rings is 1. The Labute approximate surface area is 217 Å². The van der Waals surface area contributed by atoms with Crippen molar-refractivity contribution in [2.45, 2.75) is 31.1 Å². The van der Waals surface area contributed by atoms with Crippen LogP contribution in [0.5, 0.6) is 5.75 Å². The first kappa shape index (κ1) is 25.6. The lowest BCUT2D eigenvalue weighted by Gasteiger charge is -2.27. The number of nitrogens with one attached hydrogen (secondary N) is 2. The molecule has 3 aromatic rings. The second-order valence-electron chi connectivity index (χ2n) is 9.15. The van der Waals surface area contributed by atoms with Crippen molar-refractivity contribution in [3.63, 3.8) is 0 Å². The summed E-state index contributed by atoms with van der Waals surface area (Å²) >= 11 is 0. The molecule has 2 amide bonds. The molecule has 0 saturated carbocycles. The molecule has 1 unspecified atom stereocenters. The van der Waals surface area contributed by atoms with E-state index in [0.29, 0.717) is 29.3 Å². The molecule has 37 heavy (non-hydrogen) atoms. The van der Waals surface area contributed by atoms with Gasteiger partial charge in [-0.3, -0.25) is 14.6 Å². The molecule has 1 aliphatic rings. The Morgan fingerprint density at radius 3 is 2.41 bits per heavy atom. The van der Waals surface area contributed by atoms with Crippen molar-refractivity contribution in [1.82, 2.24) is 4.98 Å². The molecule has 2 heterocycles. The topological polar surface area (TPSA) is 80.3 Å². The number of allylic oxidation sites excluding steroid dienone is 2. The fourth-order valence-corrected chi connectivity index (χ4v) is 4.37. The van der Waals surface area contributed by atoms with Crippen molar-refractivity contribution in [1.29, 1.82) is 0 Å². The highest BCUT2D eigenvalue weighted by Crippen LogP contribution is 2.40. The molecule has 1 atom stereocenters. The van der Waals surface area contributed by atoms with Gasteiger partial charge in [-0.1, -0.05) is 42.5 Å². The van der Waals surface area contributed by atoms with E-state index < -0.39 is 0 Å². The zero-order chi connectivity index (χ0) is 26.4. The molecule has 4 rings (SSSR count). The Kier molecular flexibility index (Phi) is 7.68. The standard InChI is InChI=1S/C31H31N3O3/c1-5-9-28(35)33-23-16-17-27(32-20-23)24-18-19-37-29-25(24)10-8-11-26(29)30(36)34-22-14-12-21(13-15-22)31(4,6-2)7-3/h5-8,10-17,20,24H,1-3,9,18-19H2,4H3,(H,33,35)(H,34,36). The molecular weight excluding hydrogens is 462 g/mol. The minimum Gasteiger partial charge on any atom is -0.492 e. The number of rotatable bonds is 9. The quantitative estimate of drug-likeness (QED) is 0.338. The third-order valence-electron chi connectivity index (χ3n) is 6.69. The highest BCUT2D eigenvalue weighted by molar-refractivity contribution is 6.06. The SMILES string of the molecule is C=CCC(=O)Nc1ccc(C2CCOc3c(C(=O)Nc4ccc(C(C)(C=C)C=C)cc4)cccc32)nc1. The van der Waals surface area contributed by atoms with Crippen LogP contribution in [-0.4, -0.2) is 23.4 Å². The highest BCUT2D eigenvalue weighted by Gasteiger charge is 2.28. The summed E-state index contributed by atoms with van der Waals surface area (Å²) in [7, 11) is 0. The summed E-state index contributed by atoms with van der Waals surface area (Å²) in [5, 5.41) is 5.78. The van der Waals surface area contributed by atoms with Gasteiger partial charge in [0.05, 0.1) is 24.1 Å². The van der Waals surface area contributed by atoms with Crippen LogP contribution in [-0.2, 0) is 10.2 Å². The molecule has 0 radical (unpaired) electrons. The number of ether oxygens (including phenoxy) is 1. The fraction of sp³-hybridized carbons (Fsp3) is 0.194. The molecule has 0 aliphatic carbocycles. The third kappa shape index (κ3) is 5.54. The van der Waals surface area contributed by atoms with Crippen molar-refractivity contribution < 1.29 is 14.3 Å². The average Bonchev–Trinajstić information content (AvgIpc) is 2.93. The van der Waals surface area contributed by atoms with Crippen LogP contribution in [0.15, 0.2) is 98.8 Å². The second-order valence-corrected chi connectivity index (χ2v) is 9.15. The summed E-state index contributed by atoms with van der Waals surface area (Å²) in [6, 6.07) is 17.0. The molecule has 2 N–H and O–H groups in total. The number of aromatic nitrogens is 1. The van der Waals surface area contributed by atoms with Gasteiger partial charge in [-0.05, 0) is 49.2 Å². The van der Waals surface area contributed by atoms with Crippen LogP contribution in [0.4, 0.5) is 11.4 Å². The molecule has 0 fully saturated rings. The number of para-hydroxylation sites is 1. The van der Waals surface area contributed by atoms with E-state index in [-0.39, 0.29) is 29.6 Å². The van der Waals surface area contributed by atoms with Crippen LogP contribution in [0.1, 0.15) is 52.9 Å². The number of anilines is 2. The van der Waals surface area contributed by atoms with Gasteiger partial charge in [-0.15, -0.1) is 19.7 Å². The molecule has 0 bridgehead atoms. The minimum atomic E-state index is -0.340. The van der Waals surface area contributed by atoms with Gasteiger partial charge in [0, 0.05) is 34.7 Å². The van der Waals surface area contributed by atoms with E-state index in [1.54, 1.807) is 18.3 Å². The van der Waals surface area contributed by atoms with Crippen LogP contribution < -0.4 is 15.4 Å². The van der Waals surface area contributed by atoms with Crippen LogP contribution >= 0.6 is 0 Å². The number of hydrogen-bond acceptors (Lipinski definition) is 4. The van der Waals surface area contributed by atoms with E-state index in [1.807, 2.05) is 67.6 Å². The summed E-state index contributed by atoms with van der Waals surface area (Å²) in [4.78, 5) is 29.6. The van der Waals surface area contributed by atoms with Gasteiger partial charge in [-0.25, -0.2) is 0 Å². The Morgan fingerprint density at radius 1 is 1.03 bits per heavy atom. The highest BCUT2D eigenvalue weighted by atomic mass is 16.5. The average molecular weight is 494 g/mol. The molecule has 6 heteroatoms. The minimum absolute atomic E-state index is 0.0239. The van der Waals surface area contributed by atoms with Gasteiger partial charge < -0.3 is 15.4 Å². The molecule has 2 aromatic carbocycles. The van der Waals surface area contributed by atoms with Crippen LogP contribution in [0.3, 0.4) is 0 Å². The number of hydrogen-bond donors (Lipinski definition) is 2. The Balaban J connectivity index is 1.53. The number of carbonyl (C=O) groups excluding carboxylic acids is 2. The number of amides is 2. The van der Waals surface area contributed by atoms with Gasteiger partial charge in [-0.2, -0.15) is 0 Å². The van der Waals surface area contributed by atoms with Gasteiger partial charge in [0.15, 0.2) is 0 Å². The zero-order valence-corrected chi connectivity index (χ0v) is 21.0. The van der Waals surface area contributed by atoms with E-state index in [2.05, 4.69) is 35.4 Å². The number of carbonyl (C=O) groups is 2. The summed E-state index contributed by atoms with van der Waals surface area (Å²) in [5.74, 6) is 0.170. The van der Waals surface area contributed by atoms with Crippen LogP contribution in [0.25, 0.3) is 0 Å². The van der Waals surface area contributed by atoms with E-state index in [9.17, 15) is 9.59 Å². The lowest BCUT2D eigenvalue weighted by molar-refractivity contribution is -0.115. The number of fused-ring (bicyclic) bond motifs is 1. The first-order valence-electron chi connectivity index (χ1n) is 12.2. The molecule has 6 nitrogen and oxygen atoms in total. The molecule has 1 aliphatic heterocycles. The normalized spacial score (nSPS) is 14.5. The van der Waals surface area contributed by atoms with Gasteiger partial charge in [0.1, 0.15) is 5.75 Å². The maximum atomic E-state index is 13.2. The summed E-state index contributed by atoms with van der Waals surface area (Å²) in [5.41, 5.74) is 4.25. The van der Waals surface area contributed by atoms with Crippen molar-refractivity contribution in [3.05, 3.63) is 121 Å². The number of nitrogens with zero attached hydrogens (tertiary/aromatic N) is 1. The zero-order valence-electron chi connectivity index (χ0n) is 21.0. The smallest absolute Gasteiger partial charge is 0.259 e. The van der Waals surface area contributed by atoms with Crippen molar-refractivity contribution in [2.75, 3.05) is 17.2 Å². The molecule has 0 saturated heterocycles. The maximum absolute atomic E-state index is 13.2. The lowest BCUT2D eigenvalue weighted by Crippen LogP contribution is -2.21. The molecule has 0 spiro atoms. The van der Waals surface area contributed by atoms with Gasteiger partial charge in [0.2, 0.25) is 5.91 Å². The molecule has 188 valence electrons. The van der Waals surface area contributed by atoms with Crippen LogP contribution in [0, 0.1) is 0 Å². The lowest BCUT2D eigenvalue weighted by atomic mass is 9.83. The van der Waals surface area contributed by atoms with E-state index in [4.69, 9.17) is 4.74 Å². The predicted octanol–water partition coefficient (Wildman–Crippen LogP) is 6.39. The third-order valence-corrected chi connectivity index (χ3v) is 6.69. The van der Waals surface area contributed by atoms with E-state index in [0.717, 1.165) is 23.2 Å². The van der Waals surface area contributed by atoms with Crippen LogP contribution in [0.2, 0.25) is 0 Å². The first-order chi connectivity index (χ1) is 17.9. The summed E-state index contributed by atoms with van der Waals surface area (Å²) in [6.07, 6.45) is 7.88. The first-order valence-corrected chi connectivity index (χ1v) is 12.2. The van der Waals surface area contributed by atoms with E-state index in [1.165, 1.54) is 0 Å².